The third kappa shape index (κ3) is 6.12. The zero-order valence-electron chi connectivity index (χ0n) is 7.17. The summed E-state index contributed by atoms with van der Waals surface area (Å²) >= 11 is 4.24. The Balaban J connectivity index is 0. The molecule has 72 valence electrons. The van der Waals surface area contributed by atoms with Crippen LogP contribution in [0.15, 0.2) is 0 Å². The smallest absolute Gasteiger partial charge is 0.291 e. The van der Waals surface area contributed by atoms with Crippen molar-refractivity contribution in [2.45, 2.75) is 13.0 Å². The highest BCUT2D eigenvalue weighted by Gasteiger charge is 2.18. The summed E-state index contributed by atoms with van der Waals surface area (Å²) in [5, 5.41) is 0. The molecule has 0 aliphatic carbocycles. The first-order valence-electron chi connectivity index (χ1n) is 3.12. The summed E-state index contributed by atoms with van der Waals surface area (Å²) in [5.41, 5.74) is 5.18. The van der Waals surface area contributed by atoms with Gasteiger partial charge in [-0.3, -0.25) is 9.59 Å². The number of hydrogen-bond acceptors (Lipinski definition) is 3. The summed E-state index contributed by atoms with van der Waals surface area (Å²) in [4.78, 5) is 22.8. The fraction of sp³-hybridized carbons (Fsp3) is 0.667. The van der Waals surface area contributed by atoms with Crippen molar-refractivity contribution in [1.82, 2.24) is 4.90 Å². The number of Topliss-reactive ketones (excluding diaryl/α,β-unsaturated/α-hetero) is 1. The van der Waals surface area contributed by atoms with Crippen LogP contribution in [0, 0.1) is 0 Å². The lowest BCUT2D eigenvalue weighted by Crippen LogP contribution is -2.40. The van der Waals surface area contributed by atoms with Gasteiger partial charge in [-0.25, -0.2) is 0 Å². The Kier molecular flexibility index (Phi) is 10.2. The molecule has 0 rings (SSSR count). The van der Waals surface area contributed by atoms with E-state index in [9.17, 15) is 9.59 Å². The van der Waals surface area contributed by atoms with Crippen LogP contribution in [0.4, 0.5) is 0 Å². The number of hydrogen-bond donors (Lipinski definition) is 1. The highest BCUT2D eigenvalue weighted by atomic mass is 128. The SMILES string of the molecule is CC(N)C(=O)C(=O)N(C)C.II. The molecular weight excluding hydrogens is 386 g/mol. The van der Waals surface area contributed by atoms with E-state index >= 15 is 0 Å². The highest BCUT2D eigenvalue weighted by molar-refractivity contribution is 15.0. The molecule has 0 radical (unpaired) electrons. The minimum absolute atomic E-state index is 0.546. The van der Waals surface area contributed by atoms with Gasteiger partial charge < -0.3 is 10.6 Å². The van der Waals surface area contributed by atoms with Crippen molar-refractivity contribution in [3.63, 3.8) is 0 Å². The van der Waals surface area contributed by atoms with E-state index in [1.807, 2.05) is 0 Å². The fourth-order valence-electron chi connectivity index (χ4n) is 0.415. The number of carbonyl (C=O) groups is 2. The summed E-state index contributed by atoms with van der Waals surface area (Å²) in [7, 11) is 3.03. The third-order valence-corrected chi connectivity index (χ3v) is 1.03. The number of halogens is 2. The van der Waals surface area contributed by atoms with Crippen LogP contribution in [0.3, 0.4) is 0 Å². The Morgan fingerprint density at radius 1 is 1.33 bits per heavy atom. The van der Waals surface area contributed by atoms with E-state index in [4.69, 9.17) is 5.73 Å². The number of carbonyl (C=O) groups excluding carboxylic acids is 2. The molecule has 0 aromatic carbocycles. The first kappa shape index (κ1) is 15.1. The maximum atomic E-state index is 10.8. The Morgan fingerprint density at radius 3 is 1.75 bits per heavy atom. The van der Waals surface area contributed by atoms with Crippen LogP contribution in [-0.4, -0.2) is 36.7 Å². The van der Waals surface area contributed by atoms with Gasteiger partial charge in [-0.1, -0.05) is 0 Å². The topological polar surface area (TPSA) is 63.4 Å². The Bertz CT molecular complexity index is 142. The van der Waals surface area contributed by atoms with E-state index < -0.39 is 17.7 Å². The van der Waals surface area contributed by atoms with Gasteiger partial charge in [0.15, 0.2) is 0 Å². The number of likely N-dealkylation sites (N-methyl/N-ethyl adjacent to an activating group) is 1. The van der Waals surface area contributed by atoms with Crippen LogP contribution in [0.25, 0.3) is 0 Å². The maximum absolute atomic E-state index is 10.8. The summed E-state index contributed by atoms with van der Waals surface area (Å²) in [6.07, 6.45) is 0. The van der Waals surface area contributed by atoms with Crippen LogP contribution in [0.2, 0.25) is 0 Å². The molecule has 0 heterocycles. The minimum Gasteiger partial charge on any atom is -0.342 e. The van der Waals surface area contributed by atoms with Gasteiger partial charge in [0.2, 0.25) is 5.78 Å². The van der Waals surface area contributed by atoms with E-state index in [0.29, 0.717) is 0 Å². The van der Waals surface area contributed by atoms with Crippen LogP contribution in [0.1, 0.15) is 6.92 Å². The van der Waals surface area contributed by atoms with Crippen LogP contribution in [-0.2, 0) is 9.59 Å². The Labute approximate surface area is 95.6 Å². The first-order valence-corrected chi connectivity index (χ1v) is 9.40. The van der Waals surface area contributed by atoms with Crippen molar-refractivity contribution in [2.24, 2.45) is 5.73 Å². The van der Waals surface area contributed by atoms with Crippen molar-refractivity contribution in [2.75, 3.05) is 14.1 Å². The van der Waals surface area contributed by atoms with E-state index in [-0.39, 0.29) is 0 Å². The van der Waals surface area contributed by atoms with Crippen molar-refractivity contribution < 1.29 is 9.59 Å². The predicted molar refractivity (Wildman–Crippen MR) is 65.4 cm³/mol. The molecule has 12 heavy (non-hydrogen) atoms. The summed E-state index contributed by atoms with van der Waals surface area (Å²) in [6.45, 7) is 1.49. The van der Waals surface area contributed by atoms with Gasteiger partial charge in [0.1, 0.15) is 0 Å². The lowest BCUT2D eigenvalue weighted by Gasteiger charge is -2.09. The van der Waals surface area contributed by atoms with E-state index in [1.54, 1.807) is 0 Å². The van der Waals surface area contributed by atoms with Gasteiger partial charge in [-0.15, -0.1) is 0 Å². The van der Waals surface area contributed by atoms with Crippen LogP contribution < -0.4 is 5.73 Å². The summed E-state index contributed by atoms with van der Waals surface area (Å²) in [5.74, 6) is -1.10. The molecule has 1 atom stereocenters. The average molecular weight is 398 g/mol. The molecule has 0 aromatic rings. The molecule has 1 amide bonds. The molecule has 0 aliphatic rings. The largest absolute Gasteiger partial charge is 0.342 e. The number of ketones is 1. The van der Waals surface area contributed by atoms with Gasteiger partial charge in [0, 0.05) is 51.3 Å². The number of amides is 1. The standard InChI is InChI=1S/C6H12N2O2.I2/c1-4(7)5(9)6(10)8(2)3;1-2/h4H,7H2,1-3H3;. The highest BCUT2D eigenvalue weighted by Crippen LogP contribution is 1.89. The van der Waals surface area contributed by atoms with Gasteiger partial charge in [-0.2, -0.15) is 0 Å². The van der Waals surface area contributed by atoms with E-state index in [2.05, 4.69) is 37.2 Å². The van der Waals surface area contributed by atoms with Crippen molar-refractivity contribution in [1.29, 1.82) is 0 Å². The van der Waals surface area contributed by atoms with Gasteiger partial charge >= 0.3 is 0 Å². The second-order valence-electron chi connectivity index (χ2n) is 2.35. The zero-order chi connectivity index (χ0) is 10.3. The summed E-state index contributed by atoms with van der Waals surface area (Å²) in [6, 6.07) is -0.699. The normalized spacial score (nSPS) is 10.8. The number of rotatable bonds is 2. The summed E-state index contributed by atoms with van der Waals surface area (Å²) < 4.78 is 0. The molecule has 0 bridgehead atoms. The van der Waals surface area contributed by atoms with E-state index in [0.717, 1.165) is 0 Å². The van der Waals surface area contributed by atoms with Crippen molar-refractivity contribution in [3.8, 4) is 0 Å². The lowest BCUT2D eigenvalue weighted by atomic mass is 10.2. The molecule has 1 unspecified atom stereocenters. The second kappa shape index (κ2) is 8.17. The predicted octanol–water partition coefficient (Wildman–Crippen LogP) is 0.762. The molecule has 0 aliphatic heterocycles. The monoisotopic (exact) mass is 398 g/mol. The maximum Gasteiger partial charge on any atom is 0.291 e. The zero-order valence-corrected chi connectivity index (χ0v) is 11.5. The minimum atomic E-state index is -0.699. The average Bonchev–Trinajstić information content (AvgIpc) is 2.05. The second-order valence-corrected chi connectivity index (χ2v) is 2.35. The molecule has 4 nitrogen and oxygen atoms in total. The number of nitrogens with two attached hydrogens (primary N) is 1. The lowest BCUT2D eigenvalue weighted by molar-refractivity contribution is -0.143. The van der Waals surface area contributed by atoms with Crippen LogP contribution >= 0.6 is 37.2 Å². The Hall–Kier alpha value is 0.560. The molecule has 0 saturated carbocycles. The molecule has 0 saturated heterocycles. The number of nitrogens with zero attached hydrogens (tertiary/aromatic N) is 1. The van der Waals surface area contributed by atoms with Gasteiger partial charge in [0.05, 0.1) is 6.04 Å². The molecule has 0 aromatic heterocycles. The van der Waals surface area contributed by atoms with E-state index in [1.165, 1.54) is 25.9 Å². The molecule has 0 fully saturated rings. The van der Waals surface area contributed by atoms with Gasteiger partial charge in [-0.05, 0) is 6.92 Å². The van der Waals surface area contributed by atoms with Crippen molar-refractivity contribution >= 4 is 48.9 Å². The van der Waals surface area contributed by atoms with Crippen molar-refractivity contribution in [3.05, 3.63) is 0 Å². The molecule has 0 spiro atoms. The quantitative estimate of drug-likeness (QED) is 0.552. The Morgan fingerprint density at radius 2 is 1.67 bits per heavy atom. The molecule has 2 N–H and O–H groups in total. The van der Waals surface area contributed by atoms with Gasteiger partial charge in [0.25, 0.3) is 5.91 Å². The first-order chi connectivity index (χ1) is 5.46. The fourth-order valence-corrected chi connectivity index (χ4v) is 0.415. The third-order valence-electron chi connectivity index (χ3n) is 1.03. The molecular formula is C6H12I2N2O2. The molecule has 6 heteroatoms. The van der Waals surface area contributed by atoms with Crippen LogP contribution in [0.5, 0.6) is 0 Å².